The zero-order valence-electron chi connectivity index (χ0n) is 11.3. The lowest BCUT2D eigenvalue weighted by Gasteiger charge is -2.24. The van der Waals surface area contributed by atoms with Gasteiger partial charge in [0, 0.05) is 12.1 Å². The van der Waals surface area contributed by atoms with Crippen molar-refractivity contribution in [3.05, 3.63) is 35.4 Å². The molecule has 0 saturated carbocycles. The third-order valence-electron chi connectivity index (χ3n) is 3.43. The highest BCUT2D eigenvalue weighted by atomic mass is 16.4. The van der Waals surface area contributed by atoms with E-state index >= 15 is 0 Å². The Morgan fingerprint density at radius 3 is 2.55 bits per heavy atom. The molecule has 20 heavy (non-hydrogen) atoms. The number of carboxylic acids is 1. The van der Waals surface area contributed by atoms with E-state index < -0.39 is 24.0 Å². The number of hydrogen-bond acceptors (Lipinski definition) is 3. The van der Waals surface area contributed by atoms with Crippen LogP contribution in [0.3, 0.4) is 0 Å². The van der Waals surface area contributed by atoms with Gasteiger partial charge in [-0.3, -0.25) is 14.4 Å². The molecule has 1 heterocycles. The number of rotatable bonds is 4. The van der Waals surface area contributed by atoms with Gasteiger partial charge in [0.05, 0.1) is 0 Å². The fourth-order valence-electron chi connectivity index (χ4n) is 2.13. The van der Waals surface area contributed by atoms with E-state index in [1.165, 1.54) is 11.8 Å². The van der Waals surface area contributed by atoms with Gasteiger partial charge in [0.1, 0.15) is 12.1 Å². The molecule has 1 aliphatic heterocycles. The van der Waals surface area contributed by atoms with Crippen molar-refractivity contribution in [1.82, 2.24) is 10.2 Å². The van der Waals surface area contributed by atoms with E-state index in [2.05, 4.69) is 5.32 Å². The summed E-state index contributed by atoms with van der Waals surface area (Å²) in [5, 5.41) is 11.1. The topological polar surface area (TPSA) is 86.7 Å². The van der Waals surface area contributed by atoms with Gasteiger partial charge in [-0.15, -0.1) is 0 Å². The summed E-state index contributed by atoms with van der Waals surface area (Å²) in [4.78, 5) is 36.3. The van der Waals surface area contributed by atoms with Gasteiger partial charge < -0.3 is 15.3 Å². The third-order valence-corrected chi connectivity index (χ3v) is 3.43. The van der Waals surface area contributed by atoms with Crippen molar-refractivity contribution in [3.63, 3.8) is 0 Å². The molecule has 6 nitrogen and oxygen atoms in total. The van der Waals surface area contributed by atoms with E-state index in [9.17, 15) is 14.4 Å². The van der Waals surface area contributed by atoms with Crippen LogP contribution in [0.2, 0.25) is 0 Å². The number of amides is 2. The standard InChI is InChI=1S/C14H16N2O4/c1-8(14(19)20)15-12(17)9(2)16-7-10-5-3-4-6-11(10)13(16)18/h3-6,8-9H,7H2,1-2H3,(H,15,17)(H,19,20). The number of benzene rings is 1. The van der Waals surface area contributed by atoms with Crippen molar-refractivity contribution in [2.45, 2.75) is 32.5 Å². The van der Waals surface area contributed by atoms with Gasteiger partial charge in [0.2, 0.25) is 5.91 Å². The van der Waals surface area contributed by atoms with Gasteiger partial charge in [0.15, 0.2) is 0 Å². The first-order valence-electron chi connectivity index (χ1n) is 6.34. The zero-order chi connectivity index (χ0) is 14.9. The number of fused-ring (bicyclic) bond motifs is 1. The van der Waals surface area contributed by atoms with Gasteiger partial charge in [-0.2, -0.15) is 0 Å². The molecule has 0 spiro atoms. The second-order valence-electron chi connectivity index (χ2n) is 4.83. The Kier molecular flexibility index (Phi) is 3.74. The van der Waals surface area contributed by atoms with E-state index in [0.29, 0.717) is 12.1 Å². The Morgan fingerprint density at radius 1 is 1.30 bits per heavy atom. The number of nitrogens with one attached hydrogen (secondary N) is 1. The predicted molar refractivity (Wildman–Crippen MR) is 71.0 cm³/mol. The molecule has 0 radical (unpaired) electrons. The Balaban J connectivity index is 2.08. The highest BCUT2D eigenvalue weighted by Gasteiger charge is 2.34. The first-order valence-corrected chi connectivity index (χ1v) is 6.34. The molecular formula is C14H16N2O4. The maximum atomic E-state index is 12.2. The molecule has 1 aliphatic rings. The fraction of sp³-hybridized carbons (Fsp3) is 0.357. The normalized spacial score (nSPS) is 16.5. The third kappa shape index (κ3) is 2.49. The SMILES string of the molecule is CC(NC(=O)C(C)N1Cc2ccccc2C1=O)C(=O)O. The largest absolute Gasteiger partial charge is 0.480 e. The molecule has 2 unspecified atom stereocenters. The molecule has 2 N–H and O–H groups in total. The van der Waals surface area contributed by atoms with E-state index in [4.69, 9.17) is 5.11 Å². The van der Waals surface area contributed by atoms with Crippen LogP contribution in [0.5, 0.6) is 0 Å². The van der Waals surface area contributed by atoms with Crippen LogP contribution in [0.1, 0.15) is 29.8 Å². The van der Waals surface area contributed by atoms with Crippen LogP contribution < -0.4 is 5.32 Å². The van der Waals surface area contributed by atoms with Gasteiger partial charge in [-0.1, -0.05) is 18.2 Å². The minimum atomic E-state index is -1.11. The number of nitrogens with zero attached hydrogens (tertiary/aromatic N) is 1. The van der Waals surface area contributed by atoms with Crippen LogP contribution in [-0.4, -0.2) is 39.9 Å². The van der Waals surface area contributed by atoms with Crippen LogP contribution in [-0.2, 0) is 16.1 Å². The fourth-order valence-corrected chi connectivity index (χ4v) is 2.13. The molecule has 0 aliphatic carbocycles. The Morgan fingerprint density at radius 2 is 1.95 bits per heavy atom. The molecule has 1 aromatic carbocycles. The molecule has 1 aromatic rings. The minimum absolute atomic E-state index is 0.203. The second-order valence-corrected chi connectivity index (χ2v) is 4.83. The summed E-state index contributed by atoms with van der Waals surface area (Å²) in [7, 11) is 0. The van der Waals surface area contributed by atoms with Crippen molar-refractivity contribution in [1.29, 1.82) is 0 Å². The highest BCUT2D eigenvalue weighted by molar-refractivity contribution is 6.01. The summed E-state index contributed by atoms with van der Waals surface area (Å²) in [6.45, 7) is 3.34. The molecular weight excluding hydrogens is 260 g/mol. The molecule has 2 amide bonds. The Hall–Kier alpha value is -2.37. The van der Waals surface area contributed by atoms with Crippen molar-refractivity contribution >= 4 is 17.8 Å². The van der Waals surface area contributed by atoms with E-state index in [1.807, 2.05) is 12.1 Å². The van der Waals surface area contributed by atoms with Crippen LogP contribution >= 0.6 is 0 Å². The van der Waals surface area contributed by atoms with Crippen LogP contribution in [0, 0.1) is 0 Å². The summed E-state index contributed by atoms with van der Waals surface area (Å²) in [5.41, 5.74) is 1.47. The minimum Gasteiger partial charge on any atom is -0.480 e. The average Bonchev–Trinajstić information content (AvgIpc) is 2.75. The lowest BCUT2D eigenvalue weighted by atomic mass is 10.1. The first-order chi connectivity index (χ1) is 9.41. The molecule has 6 heteroatoms. The number of hydrogen-bond donors (Lipinski definition) is 2. The summed E-state index contributed by atoms with van der Waals surface area (Å²) in [6.07, 6.45) is 0. The first kappa shape index (κ1) is 14.0. The lowest BCUT2D eigenvalue weighted by Crippen LogP contribution is -2.49. The van der Waals surface area contributed by atoms with Crippen LogP contribution in [0.25, 0.3) is 0 Å². The van der Waals surface area contributed by atoms with E-state index in [-0.39, 0.29) is 5.91 Å². The number of carbonyl (C=O) groups is 3. The van der Waals surface area contributed by atoms with Crippen molar-refractivity contribution in [2.24, 2.45) is 0 Å². The summed E-state index contributed by atoms with van der Waals surface area (Å²) in [6, 6.07) is 5.49. The molecule has 2 rings (SSSR count). The quantitative estimate of drug-likeness (QED) is 0.844. The monoisotopic (exact) mass is 276 g/mol. The summed E-state index contributed by atoms with van der Waals surface area (Å²) in [5.74, 6) is -1.78. The number of carboxylic acid groups (broad SMARTS) is 1. The van der Waals surface area contributed by atoms with Gasteiger partial charge in [-0.05, 0) is 25.5 Å². The maximum absolute atomic E-state index is 12.2. The van der Waals surface area contributed by atoms with E-state index in [1.54, 1.807) is 19.1 Å². The zero-order valence-corrected chi connectivity index (χ0v) is 11.3. The molecule has 0 saturated heterocycles. The summed E-state index contributed by atoms with van der Waals surface area (Å²) >= 11 is 0. The highest BCUT2D eigenvalue weighted by Crippen LogP contribution is 2.24. The Labute approximate surface area is 116 Å². The number of aliphatic carboxylic acids is 1. The molecule has 0 fully saturated rings. The van der Waals surface area contributed by atoms with Gasteiger partial charge in [0.25, 0.3) is 5.91 Å². The van der Waals surface area contributed by atoms with Crippen molar-refractivity contribution in [3.8, 4) is 0 Å². The summed E-state index contributed by atoms with van der Waals surface area (Å²) < 4.78 is 0. The molecule has 2 atom stereocenters. The molecule has 0 aromatic heterocycles. The molecule has 106 valence electrons. The average molecular weight is 276 g/mol. The van der Waals surface area contributed by atoms with Gasteiger partial charge >= 0.3 is 5.97 Å². The van der Waals surface area contributed by atoms with E-state index in [0.717, 1.165) is 5.56 Å². The molecule has 0 bridgehead atoms. The maximum Gasteiger partial charge on any atom is 0.325 e. The lowest BCUT2D eigenvalue weighted by molar-refractivity contribution is -0.141. The Bertz CT molecular complexity index is 570. The predicted octanol–water partition coefficient (Wildman–Crippen LogP) is 0.620. The van der Waals surface area contributed by atoms with Crippen molar-refractivity contribution < 1.29 is 19.5 Å². The van der Waals surface area contributed by atoms with Crippen LogP contribution in [0.15, 0.2) is 24.3 Å². The van der Waals surface area contributed by atoms with Gasteiger partial charge in [-0.25, -0.2) is 0 Å². The van der Waals surface area contributed by atoms with Crippen LogP contribution in [0.4, 0.5) is 0 Å². The smallest absolute Gasteiger partial charge is 0.325 e. The number of carbonyl (C=O) groups excluding carboxylic acids is 2. The van der Waals surface area contributed by atoms with Crippen molar-refractivity contribution in [2.75, 3.05) is 0 Å². The second kappa shape index (κ2) is 5.32.